The van der Waals surface area contributed by atoms with E-state index in [-0.39, 0.29) is 17.6 Å². The number of carbonyl (C=O) groups is 2. The van der Waals surface area contributed by atoms with Gasteiger partial charge in [-0.25, -0.2) is 0 Å². The molecule has 0 bridgehead atoms. The third kappa shape index (κ3) is 8.90. The van der Waals surface area contributed by atoms with Crippen molar-refractivity contribution in [3.05, 3.63) is 131 Å². The summed E-state index contributed by atoms with van der Waals surface area (Å²) in [7, 11) is 0. The van der Waals surface area contributed by atoms with Crippen molar-refractivity contribution in [1.82, 2.24) is 15.1 Å². The van der Waals surface area contributed by atoms with E-state index in [2.05, 4.69) is 16.3 Å². The van der Waals surface area contributed by atoms with Crippen molar-refractivity contribution in [2.24, 2.45) is 0 Å². The minimum Gasteiger partial charge on any atom is -0.508 e. The molecular weight excluding hydrogens is 534 g/mol. The molecule has 6 nitrogen and oxygen atoms in total. The predicted molar refractivity (Wildman–Crippen MR) is 173 cm³/mol. The summed E-state index contributed by atoms with van der Waals surface area (Å²) in [5.74, 6) is 0.0944. The topological polar surface area (TPSA) is 72.9 Å². The maximum absolute atomic E-state index is 13.4. The Kier molecular flexibility index (Phi) is 10.4. The Morgan fingerprint density at radius 3 is 2.30 bits per heavy atom. The van der Waals surface area contributed by atoms with Crippen molar-refractivity contribution >= 4 is 17.9 Å². The standard InChI is InChI=1S/C37H39N3O3/c41-35-17-14-30(15-18-35)20-24-40(36(42)19-16-29-8-2-1-3-9-29)28-31-10-6-11-32(26-31)33-12-7-13-34(27-33)37(43)38-21-25-39-22-4-5-23-39/h1-3,6-19,26-27,41H,4-5,20-25,28H2,(H,38,43)/b19-16+. The first-order valence-electron chi connectivity index (χ1n) is 15.0. The molecule has 1 fully saturated rings. The highest BCUT2D eigenvalue weighted by atomic mass is 16.3. The Hall–Kier alpha value is -4.68. The summed E-state index contributed by atoms with van der Waals surface area (Å²) < 4.78 is 0. The number of nitrogens with zero attached hydrogens (tertiary/aromatic N) is 2. The van der Waals surface area contributed by atoms with Gasteiger partial charge in [-0.1, -0.05) is 72.8 Å². The Morgan fingerprint density at radius 2 is 1.53 bits per heavy atom. The number of phenols is 1. The van der Waals surface area contributed by atoms with Gasteiger partial charge in [0.05, 0.1) is 0 Å². The second kappa shape index (κ2) is 15.0. The number of rotatable bonds is 12. The van der Waals surface area contributed by atoms with Crippen molar-refractivity contribution in [1.29, 1.82) is 0 Å². The molecule has 1 aliphatic heterocycles. The summed E-state index contributed by atoms with van der Waals surface area (Å²) in [5.41, 5.74) is 5.62. The minimum atomic E-state index is -0.0689. The van der Waals surface area contributed by atoms with Crippen LogP contribution in [0.25, 0.3) is 17.2 Å². The first-order valence-corrected chi connectivity index (χ1v) is 15.0. The molecule has 4 aromatic rings. The third-order valence-corrected chi connectivity index (χ3v) is 7.81. The largest absolute Gasteiger partial charge is 0.508 e. The van der Waals surface area contributed by atoms with Gasteiger partial charge in [0.2, 0.25) is 5.91 Å². The van der Waals surface area contributed by atoms with E-state index in [1.165, 1.54) is 12.8 Å². The van der Waals surface area contributed by atoms with Crippen LogP contribution in [0.15, 0.2) is 109 Å². The zero-order chi connectivity index (χ0) is 29.9. The van der Waals surface area contributed by atoms with Gasteiger partial charge < -0.3 is 20.2 Å². The van der Waals surface area contributed by atoms with Gasteiger partial charge >= 0.3 is 0 Å². The molecule has 0 aliphatic carbocycles. The molecule has 2 N–H and O–H groups in total. The van der Waals surface area contributed by atoms with Crippen LogP contribution in [0.4, 0.5) is 0 Å². The highest BCUT2D eigenvalue weighted by Crippen LogP contribution is 2.23. The van der Waals surface area contributed by atoms with E-state index < -0.39 is 0 Å². The molecule has 43 heavy (non-hydrogen) atoms. The van der Waals surface area contributed by atoms with Crippen molar-refractivity contribution < 1.29 is 14.7 Å². The first kappa shape index (κ1) is 29.8. The lowest BCUT2D eigenvalue weighted by Gasteiger charge is -2.22. The second-order valence-corrected chi connectivity index (χ2v) is 11.0. The van der Waals surface area contributed by atoms with Crippen LogP contribution in [0, 0.1) is 0 Å². The number of nitrogens with one attached hydrogen (secondary N) is 1. The molecular formula is C37H39N3O3. The Labute approximate surface area is 254 Å². The summed E-state index contributed by atoms with van der Waals surface area (Å²) >= 11 is 0. The molecule has 6 heteroatoms. The van der Waals surface area contributed by atoms with E-state index in [4.69, 9.17) is 0 Å². The van der Waals surface area contributed by atoms with E-state index in [1.807, 2.05) is 95.9 Å². The fraction of sp³-hybridized carbons (Fsp3) is 0.243. The van der Waals surface area contributed by atoms with Crippen LogP contribution in [0.5, 0.6) is 5.75 Å². The molecule has 0 unspecified atom stereocenters. The number of hydrogen-bond acceptors (Lipinski definition) is 4. The zero-order valence-corrected chi connectivity index (χ0v) is 24.5. The molecule has 0 atom stereocenters. The van der Waals surface area contributed by atoms with Crippen molar-refractivity contribution in [2.45, 2.75) is 25.8 Å². The molecule has 5 rings (SSSR count). The second-order valence-electron chi connectivity index (χ2n) is 11.0. The molecule has 1 heterocycles. The van der Waals surface area contributed by atoms with Gasteiger partial charge in [-0.3, -0.25) is 9.59 Å². The number of likely N-dealkylation sites (tertiary alicyclic amines) is 1. The number of carbonyl (C=O) groups excluding carboxylic acids is 2. The molecule has 1 aliphatic rings. The van der Waals surface area contributed by atoms with E-state index >= 15 is 0 Å². The van der Waals surface area contributed by atoms with Crippen molar-refractivity contribution in [3.63, 3.8) is 0 Å². The number of hydrogen-bond donors (Lipinski definition) is 2. The summed E-state index contributed by atoms with van der Waals surface area (Å²) in [6.45, 7) is 4.73. The lowest BCUT2D eigenvalue weighted by Crippen LogP contribution is -2.33. The summed E-state index contributed by atoms with van der Waals surface area (Å²) in [4.78, 5) is 30.5. The van der Waals surface area contributed by atoms with E-state index in [1.54, 1.807) is 18.2 Å². The number of amides is 2. The van der Waals surface area contributed by atoms with Crippen LogP contribution in [-0.4, -0.2) is 59.4 Å². The summed E-state index contributed by atoms with van der Waals surface area (Å²) in [6.07, 6.45) is 6.61. The monoisotopic (exact) mass is 573 g/mol. The lowest BCUT2D eigenvalue weighted by molar-refractivity contribution is -0.126. The summed E-state index contributed by atoms with van der Waals surface area (Å²) in [6, 6.07) is 32.7. The average Bonchev–Trinajstić information content (AvgIpc) is 3.57. The van der Waals surface area contributed by atoms with Gasteiger partial charge in [-0.15, -0.1) is 0 Å². The lowest BCUT2D eigenvalue weighted by atomic mass is 10.0. The Morgan fingerprint density at radius 1 is 0.814 bits per heavy atom. The van der Waals surface area contributed by atoms with Gasteiger partial charge in [-0.2, -0.15) is 0 Å². The van der Waals surface area contributed by atoms with Gasteiger partial charge in [-0.05, 0) is 96.6 Å². The molecule has 0 spiro atoms. The van der Waals surface area contributed by atoms with E-state index in [9.17, 15) is 14.7 Å². The molecule has 0 aromatic heterocycles. The highest BCUT2D eigenvalue weighted by molar-refractivity contribution is 5.95. The number of benzene rings is 4. The predicted octanol–water partition coefficient (Wildman–Crippen LogP) is 6.17. The van der Waals surface area contributed by atoms with Gasteiger partial charge in [0, 0.05) is 37.8 Å². The van der Waals surface area contributed by atoms with Gasteiger partial charge in [0.25, 0.3) is 5.91 Å². The SMILES string of the molecule is O=C(NCCN1CCCC1)c1cccc(-c2cccc(CN(CCc3ccc(O)cc3)C(=O)/C=C/c3ccccc3)c2)c1. The summed E-state index contributed by atoms with van der Waals surface area (Å²) in [5, 5.41) is 12.7. The molecule has 1 saturated heterocycles. The number of phenolic OH excluding ortho intramolecular Hbond substituents is 1. The fourth-order valence-electron chi connectivity index (χ4n) is 5.38. The number of aromatic hydroxyl groups is 1. The maximum Gasteiger partial charge on any atom is 0.251 e. The normalized spacial score (nSPS) is 13.3. The molecule has 2 amide bonds. The molecule has 0 radical (unpaired) electrons. The minimum absolute atomic E-state index is 0.0617. The Bertz CT molecular complexity index is 1530. The molecule has 220 valence electrons. The third-order valence-electron chi connectivity index (χ3n) is 7.81. The van der Waals surface area contributed by atoms with Crippen LogP contribution in [0.2, 0.25) is 0 Å². The van der Waals surface area contributed by atoms with E-state index in [0.717, 1.165) is 47.5 Å². The van der Waals surface area contributed by atoms with Crippen LogP contribution in [0.3, 0.4) is 0 Å². The van der Waals surface area contributed by atoms with Gasteiger partial charge in [0.1, 0.15) is 5.75 Å². The smallest absolute Gasteiger partial charge is 0.251 e. The van der Waals surface area contributed by atoms with Crippen molar-refractivity contribution in [2.75, 3.05) is 32.7 Å². The molecule has 4 aromatic carbocycles. The first-order chi connectivity index (χ1) is 21.0. The van der Waals surface area contributed by atoms with Crippen LogP contribution in [0.1, 0.15) is 39.9 Å². The molecule has 0 saturated carbocycles. The van der Waals surface area contributed by atoms with Crippen LogP contribution in [-0.2, 0) is 17.8 Å². The fourth-order valence-corrected chi connectivity index (χ4v) is 5.38. The maximum atomic E-state index is 13.4. The van der Waals surface area contributed by atoms with Crippen LogP contribution < -0.4 is 5.32 Å². The quantitative estimate of drug-likeness (QED) is 0.199. The van der Waals surface area contributed by atoms with E-state index in [0.29, 0.717) is 31.6 Å². The van der Waals surface area contributed by atoms with Crippen molar-refractivity contribution in [3.8, 4) is 16.9 Å². The van der Waals surface area contributed by atoms with Crippen LogP contribution >= 0.6 is 0 Å². The average molecular weight is 574 g/mol. The highest BCUT2D eigenvalue weighted by Gasteiger charge is 2.14. The Balaban J connectivity index is 1.28. The van der Waals surface area contributed by atoms with Gasteiger partial charge in [0.15, 0.2) is 0 Å². The zero-order valence-electron chi connectivity index (χ0n) is 24.5.